The van der Waals surface area contributed by atoms with E-state index in [0.29, 0.717) is 23.1 Å². The summed E-state index contributed by atoms with van der Waals surface area (Å²) in [6.45, 7) is 3.86. The van der Waals surface area contributed by atoms with Crippen LogP contribution in [0.25, 0.3) is 16.9 Å². The van der Waals surface area contributed by atoms with Crippen molar-refractivity contribution in [2.75, 3.05) is 18.4 Å². The molecule has 3 aromatic rings. The summed E-state index contributed by atoms with van der Waals surface area (Å²) in [6, 6.07) is 13.4. The van der Waals surface area contributed by atoms with Crippen molar-refractivity contribution < 1.29 is 9.59 Å². The molecular formula is C23H25N5O2. The minimum absolute atomic E-state index is 0.0117. The first-order chi connectivity index (χ1) is 14.6. The molecule has 1 saturated heterocycles. The van der Waals surface area contributed by atoms with Gasteiger partial charge < -0.3 is 4.90 Å². The van der Waals surface area contributed by atoms with Crippen LogP contribution >= 0.6 is 0 Å². The number of amides is 2. The van der Waals surface area contributed by atoms with E-state index < -0.39 is 0 Å². The van der Waals surface area contributed by atoms with Gasteiger partial charge in [-0.15, -0.1) is 5.10 Å². The maximum absolute atomic E-state index is 12.8. The molecule has 7 nitrogen and oxygen atoms in total. The summed E-state index contributed by atoms with van der Waals surface area (Å²) < 4.78 is 1.73. The van der Waals surface area contributed by atoms with Gasteiger partial charge in [0.05, 0.1) is 5.69 Å². The average molecular weight is 403 g/mol. The summed E-state index contributed by atoms with van der Waals surface area (Å²) in [5.74, 6) is 1.07. The molecule has 5 rings (SSSR count). The van der Waals surface area contributed by atoms with Gasteiger partial charge in [-0.1, -0.05) is 25.1 Å². The third-order valence-corrected chi connectivity index (χ3v) is 5.91. The zero-order valence-corrected chi connectivity index (χ0v) is 17.0. The molecule has 1 saturated carbocycles. The number of fused-ring (bicyclic) bond motifs is 1. The monoisotopic (exact) mass is 403 g/mol. The van der Waals surface area contributed by atoms with Crippen molar-refractivity contribution in [3.8, 4) is 11.3 Å². The Kier molecular flexibility index (Phi) is 4.73. The van der Waals surface area contributed by atoms with Crippen LogP contribution in [0.2, 0.25) is 0 Å². The highest BCUT2D eigenvalue weighted by Gasteiger charge is 2.30. The van der Waals surface area contributed by atoms with E-state index in [4.69, 9.17) is 0 Å². The second-order valence-electron chi connectivity index (χ2n) is 8.46. The van der Waals surface area contributed by atoms with E-state index in [1.807, 2.05) is 47.4 Å². The number of hydrogen-bond acceptors (Lipinski definition) is 4. The standard InChI is InChI=1S/C23H25N5O2/c1-15-4-3-13-27(14-15)22(30)18-11-7-16(8-12-18)19-5-2-6-20-24-23(26-28(19)20)25-21(29)17-9-10-17/h2,5-8,11-12,15,17H,3-4,9-10,13-14H2,1H3,(H,25,26,29). The molecule has 2 fully saturated rings. The summed E-state index contributed by atoms with van der Waals surface area (Å²) in [4.78, 5) is 31.2. The van der Waals surface area contributed by atoms with E-state index in [1.165, 1.54) is 6.42 Å². The third-order valence-electron chi connectivity index (χ3n) is 5.91. The number of hydrogen-bond donors (Lipinski definition) is 1. The smallest absolute Gasteiger partial charge is 0.253 e. The van der Waals surface area contributed by atoms with Crippen LogP contribution < -0.4 is 5.32 Å². The van der Waals surface area contributed by atoms with Gasteiger partial charge >= 0.3 is 0 Å². The Hall–Kier alpha value is -3.22. The first-order valence-electron chi connectivity index (χ1n) is 10.6. The van der Waals surface area contributed by atoms with Crippen LogP contribution in [0.1, 0.15) is 43.0 Å². The van der Waals surface area contributed by atoms with E-state index in [0.717, 1.165) is 43.6 Å². The summed E-state index contributed by atoms with van der Waals surface area (Å²) in [5, 5.41) is 7.28. The van der Waals surface area contributed by atoms with Crippen molar-refractivity contribution in [3.63, 3.8) is 0 Å². The number of rotatable bonds is 4. The fraction of sp³-hybridized carbons (Fsp3) is 0.391. The number of pyridine rings is 1. The summed E-state index contributed by atoms with van der Waals surface area (Å²) in [6.07, 6.45) is 4.13. The van der Waals surface area contributed by atoms with E-state index in [2.05, 4.69) is 22.3 Å². The van der Waals surface area contributed by atoms with E-state index in [1.54, 1.807) is 4.52 Å². The maximum atomic E-state index is 12.8. The maximum Gasteiger partial charge on any atom is 0.253 e. The molecule has 2 amide bonds. The number of piperidine rings is 1. The molecule has 1 N–H and O–H groups in total. The van der Waals surface area contributed by atoms with Crippen molar-refractivity contribution in [1.29, 1.82) is 0 Å². The number of benzene rings is 1. The number of carbonyl (C=O) groups is 2. The lowest BCUT2D eigenvalue weighted by Gasteiger charge is -2.31. The Morgan fingerprint density at radius 2 is 1.87 bits per heavy atom. The van der Waals surface area contributed by atoms with Gasteiger partial charge in [0.25, 0.3) is 5.91 Å². The predicted molar refractivity (Wildman–Crippen MR) is 114 cm³/mol. The second-order valence-corrected chi connectivity index (χ2v) is 8.46. The molecule has 7 heteroatoms. The highest BCUT2D eigenvalue weighted by atomic mass is 16.2. The summed E-state index contributed by atoms with van der Waals surface area (Å²) in [7, 11) is 0. The summed E-state index contributed by atoms with van der Waals surface area (Å²) >= 11 is 0. The fourth-order valence-corrected chi connectivity index (χ4v) is 4.07. The van der Waals surface area contributed by atoms with Crippen LogP contribution in [0, 0.1) is 11.8 Å². The van der Waals surface area contributed by atoms with Crippen molar-refractivity contribution >= 4 is 23.4 Å². The minimum atomic E-state index is -0.0117. The van der Waals surface area contributed by atoms with Crippen molar-refractivity contribution in [3.05, 3.63) is 48.0 Å². The molecule has 1 aliphatic carbocycles. The van der Waals surface area contributed by atoms with Crippen LogP contribution in [0.3, 0.4) is 0 Å². The van der Waals surface area contributed by atoms with Gasteiger partial charge in [-0.3, -0.25) is 14.9 Å². The Balaban J connectivity index is 1.39. The number of carbonyl (C=O) groups excluding carboxylic acids is 2. The molecule has 0 spiro atoms. The Labute approximate surface area is 175 Å². The highest BCUT2D eigenvalue weighted by Crippen LogP contribution is 2.30. The lowest BCUT2D eigenvalue weighted by molar-refractivity contribution is -0.117. The molecule has 154 valence electrons. The van der Waals surface area contributed by atoms with Crippen molar-refractivity contribution in [2.45, 2.75) is 32.6 Å². The molecule has 1 aliphatic heterocycles. The molecular weight excluding hydrogens is 378 g/mol. The van der Waals surface area contributed by atoms with Gasteiger partial charge in [0.1, 0.15) is 0 Å². The zero-order valence-electron chi connectivity index (χ0n) is 17.0. The molecule has 1 unspecified atom stereocenters. The Morgan fingerprint density at radius 1 is 1.07 bits per heavy atom. The largest absolute Gasteiger partial charge is 0.338 e. The van der Waals surface area contributed by atoms with Crippen molar-refractivity contribution in [2.24, 2.45) is 11.8 Å². The predicted octanol–water partition coefficient (Wildman–Crippen LogP) is 3.62. The quantitative estimate of drug-likeness (QED) is 0.722. The SMILES string of the molecule is CC1CCCN(C(=O)c2ccc(-c3cccc4nc(NC(=O)C5CC5)nn34)cc2)C1. The molecule has 3 heterocycles. The first-order valence-corrected chi connectivity index (χ1v) is 10.6. The van der Waals surface area contributed by atoms with Gasteiger partial charge in [-0.05, 0) is 55.9 Å². The Bertz CT molecular complexity index is 1100. The number of nitrogens with zero attached hydrogens (tertiary/aromatic N) is 4. The van der Waals surface area contributed by atoms with Crippen LogP contribution in [0.5, 0.6) is 0 Å². The molecule has 0 bridgehead atoms. The summed E-state index contributed by atoms with van der Waals surface area (Å²) in [5.41, 5.74) is 3.17. The van der Waals surface area contributed by atoms with Crippen LogP contribution in [0.4, 0.5) is 5.95 Å². The van der Waals surface area contributed by atoms with Crippen LogP contribution in [-0.2, 0) is 4.79 Å². The van der Waals surface area contributed by atoms with Gasteiger partial charge in [0, 0.05) is 30.1 Å². The third kappa shape index (κ3) is 3.67. The topological polar surface area (TPSA) is 79.6 Å². The average Bonchev–Trinajstić information content (AvgIpc) is 3.53. The van der Waals surface area contributed by atoms with E-state index >= 15 is 0 Å². The normalized spacial score (nSPS) is 19.1. The molecule has 1 aromatic carbocycles. The van der Waals surface area contributed by atoms with Gasteiger partial charge in [-0.25, -0.2) is 4.52 Å². The lowest BCUT2D eigenvalue weighted by Crippen LogP contribution is -2.39. The number of aromatic nitrogens is 3. The fourth-order valence-electron chi connectivity index (χ4n) is 4.07. The molecule has 0 radical (unpaired) electrons. The van der Waals surface area contributed by atoms with E-state index in [-0.39, 0.29) is 17.7 Å². The molecule has 2 aliphatic rings. The molecule has 2 aromatic heterocycles. The zero-order chi connectivity index (χ0) is 20.7. The van der Waals surface area contributed by atoms with Gasteiger partial charge in [0.15, 0.2) is 5.65 Å². The first kappa shape index (κ1) is 18.8. The van der Waals surface area contributed by atoms with E-state index in [9.17, 15) is 9.59 Å². The second kappa shape index (κ2) is 7.55. The van der Waals surface area contributed by atoms with Gasteiger partial charge in [-0.2, -0.15) is 4.98 Å². The number of nitrogens with one attached hydrogen (secondary N) is 1. The highest BCUT2D eigenvalue weighted by molar-refractivity contribution is 5.95. The number of likely N-dealkylation sites (tertiary alicyclic amines) is 1. The van der Waals surface area contributed by atoms with Crippen LogP contribution in [-0.4, -0.2) is 44.4 Å². The lowest BCUT2D eigenvalue weighted by atomic mass is 9.99. The van der Waals surface area contributed by atoms with Crippen molar-refractivity contribution in [1.82, 2.24) is 19.5 Å². The van der Waals surface area contributed by atoms with Gasteiger partial charge in [0.2, 0.25) is 11.9 Å². The molecule has 1 atom stereocenters. The number of anilines is 1. The molecule has 30 heavy (non-hydrogen) atoms. The Morgan fingerprint density at radius 3 is 2.60 bits per heavy atom. The van der Waals surface area contributed by atoms with Crippen LogP contribution in [0.15, 0.2) is 42.5 Å². The minimum Gasteiger partial charge on any atom is -0.338 e.